The van der Waals surface area contributed by atoms with E-state index in [9.17, 15) is 12.8 Å². The molecule has 1 aliphatic heterocycles. The van der Waals surface area contributed by atoms with E-state index in [1.54, 1.807) is 48.5 Å². The maximum atomic E-state index is 13.5. The van der Waals surface area contributed by atoms with Crippen molar-refractivity contribution in [3.63, 3.8) is 0 Å². The highest BCUT2D eigenvalue weighted by Crippen LogP contribution is 2.18. The van der Waals surface area contributed by atoms with E-state index < -0.39 is 10.0 Å². The zero-order chi connectivity index (χ0) is 17.7. The van der Waals surface area contributed by atoms with Crippen molar-refractivity contribution in [1.29, 1.82) is 0 Å². The number of halogens is 1. The van der Waals surface area contributed by atoms with Crippen LogP contribution in [0.4, 0.5) is 4.39 Å². The molecule has 0 saturated carbocycles. The van der Waals surface area contributed by atoms with Crippen molar-refractivity contribution >= 4 is 10.0 Å². The van der Waals surface area contributed by atoms with Crippen molar-refractivity contribution in [2.75, 3.05) is 39.3 Å². The Morgan fingerprint density at radius 3 is 2.24 bits per heavy atom. The van der Waals surface area contributed by atoms with E-state index in [0.29, 0.717) is 44.2 Å². The molecule has 0 aliphatic carbocycles. The maximum absolute atomic E-state index is 13.5. The van der Waals surface area contributed by atoms with Crippen LogP contribution in [-0.4, -0.2) is 57.0 Å². The van der Waals surface area contributed by atoms with Gasteiger partial charge in [0.1, 0.15) is 6.61 Å². The largest absolute Gasteiger partial charge is 0.489 e. The molecule has 2 aromatic rings. The molecule has 7 heteroatoms. The van der Waals surface area contributed by atoms with Gasteiger partial charge in [-0.1, -0.05) is 30.3 Å². The Hall–Kier alpha value is -1.96. The molecule has 1 saturated heterocycles. The summed E-state index contributed by atoms with van der Waals surface area (Å²) in [5.74, 6) is -0.130. The number of hydrogen-bond acceptors (Lipinski definition) is 4. The van der Waals surface area contributed by atoms with Crippen LogP contribution in [0.15, 0.2) is 59.5 Å². The molecule has 0 atom stereocenters. The summed E-state index contributed by atoms with van der Waals surface area (Å²) in [6, 6.07) is 14.8. The fourth-order valence-corrected chi connectivity index (χ4v) is 4.22. The van der Waals surface area contributed by atoms with E-state index in [1.807, 2.05) is 0 Å². The summed E-state index contributed by atoms with van der Waals surface area (Å²) < 4.78 is 45.6. The predicted molar refractivity (Wildman–Crippen MR) is 93.5 cm³/mol. The lowest BCUT2D eigenvalue weighted by molar-refractivity contribution is 0.157. The van der Waals surface area contributed by atoms with Gasteiger partial charge in [-0.25, -0.2) is 12.8 Å². The third-order valence-corrected chi connectivity index (χ3v) is 6.13. The number of sulfonamides is 1. The summed E-state index contributed by atoms with van der Waals surface area (Å²) in [5.41, 5.74) is 0. The Kier molecular flexibility index (Phi) is 5.67. The Bertz CT molecular complexity index is 791. The van der Waals surface area contributed by atoms with Crippen LogP contribution in [0.3, 0.4) is 0 Å². The lowest BCUT2D eigenvalue weighted by Gasteiger charge is -2.33. The molecule has 134 valence electrons. The summed E-state index contributed by atoms with van der Waals surface area (Å²) >= 11 is 0. The summed E-state index contributed by atoms with van der Waals surface area (Å²) in [6.45, 7) is 3.15. The monoisotopic (exact) mass is 364 g/mol. The van der Waals surface area contributed by atoms with Gasteiger partial charge in [-0.3, -0.25) is 4.90 Å². The smallest absolute Gasteiger partial charge is 0.243 e. The topological polar surface area (TPSA) is 49.9 Å². The summed E-state index contributed by atoms with van der Waals surface area (Å²) in [7, 11) is -3.43. The number of piperazine rings is 1. The zero-order valence-electron chi connectivity index (χ0n) is 13.8. The quantitative estimate of drug-likeness (QED) is 0.789. The molecule has 1 aliphatic rings. The molecule has 0 unspecified atom stereocenters. The van der Waals surface area contributed by atoms with Crippen molar-refractivity contribution in [2.45, 2.75) is 4.90 Å². The van der Waals surface area contributed by atoms with E-state index >= 15 is 0 Å². The molecule has 0 radical (unpaired) electrons. The molecule has 0 spiro atoms. The van der Waals surface area contributed by atoms with Crippen molar-refractivity contribution in [3.8, 4) is 5.75 Å². The molecule has 1 heterocycles. The highest BCUT2D eigenvalue weighted by molar-refractivity contribution is 7.89. The minimum Gasteiger partial charge on any atom is -0.489 e. The van der Waals surface area contributed by atoms with Crippen LogP contribution in [0.1, 0.15) is 0 Å². The minimum absolute atomic E-state index is 0.243. The van der Waals surface area contributed by atoms with Gasteiger partial charge >= 0.3 is 0 Å². The summed E-state index contributed by atoms with van der Waals surface area (Å²) in [6.07, 6.45) is 0. The normalized spacial score (nSPS) is 16.7. The molecule has 1 fully saturated rings. The average Bonchev–Trinajstić information content (AvgIpc) is 2.64. The van der Waals surface area contributed by atoms with Crippen LogP contribution in [0, 0.1) is 5.82 Å². The molecule has 5 nitrogen and oxygen atoms in total. The lowest BCUT2D eigenvalue weighted by atomic mass is 10.3. The average molecular weight is 364 g/mol. The van der Waals surface area contributed by atoms with Gasteiger partial charge < -0.3 is 4.74 Å². The second-order valence-corrected chi connectivity index (χ2v) is 7.78. The van der Waals surface area contributed by atoms with Crippen LogP contribution in [0.2, 0.25) is 0 Å². The second kappa shape index (κ2) is 7.95. The number of ether oxygens (including phenoxy) is 1. The Balaban J connectivity index is 1.48. The standard InChI is InChI=1S/C18H21FN2O3S/c19-17-8-4-5-9-18(17)24-15-14-20-10-12-21(13-11-20)25(22,23)16-6-2-1-3-7-16/h1-9H,10-15H2. The van der Waals surface area contributed by atoms with Crippen LogP contribution >= 0.6 is 0 Å². The van der Waals surface area contributed by atoms with Crippen molar-refractivity contribution in [3.05, 3.63) is 60.4 Å². The van der Waals surface area contributed by atoms with Crippen LogP contribution in [0.5, 0.6) is 5.75 Å². The van der Waals surface area contributed by atoms with Gasteiger partial charge in [-0.05, 0) is 24.3 Å². The van der Waals surface area contributed by atoms with E-state index in [1.165, 1.54) is 10.4 Å². The predicted octanol–water partition coefficient (Wildman–Crippen LogP) is 2.21. The van der Waals surface area contributed by atoms with Gasteiger partial charge in [-0.15, -0.1) is 0 Å². The number of hydrogen-bond donors (Lipinski definition) is 0. The summed E-state index contributed by atoms with van der Waals surface area (Å²) in [5, 5.41) is 0. The molecular weight excluding hydrogens is 343 g/mol. The van der Waals surface area contributed by atoms with Crippen molar-refractivity contribution in [2.24, 2.45) is 0 Å². The first-order valence-electron chi connectivity index (χ1n) is 8.22. The van der Waals surface area contributed by atoms with E-state index in [0.717, 1.165) is 0 Å². The first kappa shape index (κ1) is 17.8. The zero-order valence-corrected chi connectivity index (χ0v) is 14.7. The van der Waals surface area contributed by atoms with Gasteiger partial charge in [0.2, 0.25) is 10.0 Å². The van der Waals surface area contributed by atoms with Gasteiger partial charge in [0, 0.05) is 32.7 Å². The van der Waals surface area contributed by atoms with Gasteiger partial charge in [0.05, 0.1) is 4.90 Å². The maximum Gasteiger partial charge on any atom is 0.243 e. The molecular formula is C18H21FN2O3S. The Morgan fingerprint density at radius 2 is 1.56 bits per heavy atom. The van der Waals surface area contributed by atoms with Gasteiger partial charge in [0.15, 0.2) is 11.6 Å². The molecule has 3 rings (SSSR count). The van der Waals surface area contributed by atoms with E-state index in [2.05, 4.69) is 4.90 Å². The number of benzene rings is 2. The molecule has 2 aromatic carbocycles. The molecule has 25 heavy (non-hydrogen) atoms. The molecule has 0 bridgehead atoms. The SMILES string of the molecule is O=S(=O)(c1ccccc1)N1CCN(CCOc2ccccc2F)CC1. The fraction of sp³-hybridized carbons (Fsp3) is 0.333. The number of para-hydroxylation sites is 1. The third-order valence-electron chi connectivity index (χ3n) is 4.21. The third kappa shape index (κ3) is 4.36. The number of rotatable bonds is 6. The molecule has 0 amide bonds. The van der Waals surface area contributed by atoms with Crippen molar-refractivity contribution in [1.82, 2.24) is 9.21 Å². The highest BCUT2D eigenvalue weighted by Gasteiger charge is 2.28. The van der Waals surface area contributed by atoms with Crippen LogP contribution in [-0.2, 0) is 10.0 Å². The molecule has 0 aromatic heterocycles. The lowest BCUT2D eigenvalue weighted by Crippen LogP contribution is -2.49. The van der Waals surface area contributed by atoms with Gasteiger partial charge in [-0.2, -0.15) is 4.31 Å². The molecule has 0 N–H and O–H groups in total. The first-order valence-corrected chi connectivity index (χ1v) is 9.66. The van der Waals surface area contributed by atoms with Crippen LogP contribution < -0.4 is 4.74 Å². The second-order valence-electron chi connectivity index (χ2n) is 5.84. The summed E-state index contributed by atoms with van der Waals surface area (Å²) in [4.78, 5) is 2.45. The first-order chi connectivity index (χ1) is 12.1. The Labute approximate surface area is 147 Å². The minimum atomic E-state index is -3.43. The number of nitrogens with zero attached hydrogens (tertiary/aromatic N) is 2. The van der Waals surface area contributed by atoms with Crippen LogP contribution in [0.25, 0.3) is 0 Å². The van der Waals surface area contributed by atoms with Crippen molar-refractivity contribution < 1.29 is 17.5 Å². The van der Waals surface area contributed by atoms with E-state index in [-0.39, 0.29) is 11.6 Å². The van der Waals surface area contributed by atoms with Gasteiger partial charge in [0.25, 0.3) is 0 Å². The highest BCUT2D eigenvalue weighted by atomic mass is 32.2. The van der Waals surface area contributed by atoms with E-state index in [4.69, 9.17) is 4.74 Å². The Morgan fingerprint density at radius 1 is 0.920 bits per heavy atom. The fourth-order valence-electron chi connectivity index (χ4n) is 2.78.